The first-order valence-corrected chi connectivity index (χ1v) is 3.89. The van der Waals surface area contributed by atoms with Gasteiger partial charge in [0.15, 0.2) is 0 Å². The van der Waals surface area contributed by atoms with E-state index in [-0.39, 0.29) is 0 Å². The van der Waals surface area contributed by atoms with Gasteiger partial charge in [-0.1, -0.05) is 11.6 Å². The minimum atomic E-state index is -1.07. The minimum absolute atomic E-state index is 0.683. The highest BCUT2D eigenvalue weighted by molar-refractivity contribution is 6.31. The van der Waals surface area contributed by atoms with E-state index in [0.29, 0.717) is 5.02 Å². The number of nitrogens with zero attached hydrogens (tertiary/aromatic N) is 1. The van der Waals surface area contributed by atoms with Crippen molar-refractivity contribution in [1.29, 1.82) is 0 Å². The summed E-state index contributed by atoms with van der Waals surface area (Å²) < 4.78 is 3.90. The van der Waals surface area contributed by atoms with Gasteiger partial charge in [-0.15, -0.1) is 0 Å². The number of esters is 1. The van der Waals surface area contributed by atoms with E-state index in [1.54, 1.807) is 24.5 Å². The van der Waals surface area contributed by atoms with Crippen LogP contribution in [0, 0.1) is 0 Å². The van der Waals surface area contributed by atoms with Crippen molar-refractivity contribution in [3.8, 4) is 0 Å². The number of methoxy groups -OCH3 is 1. The summed E-state index contributed by atoms with van der Waals surface area (Å²) in [5, 5.41) is 0.683. The molecular formula is C8H9ClN2O3. The Morgan fingerprint density at radius 1 is 1.57 bits per heavy atom. The number of carbonyl (C=O) groups is 2. The van der Waals surface area contributed by atoms with E-state index in [0.717, 1.165) is 7.11 Å². The largest absolute Gasteiger partial charge is 0.462 e. The quantitative estimate of drug-likeness (QED) is 0.502. The molecule has 0 aromatic carbocycles. The number of halogens is 1. The summed E-state index contributed by atoms with van der Waals surface area (Å²) >= 11 is 5.48. The molecule has 76 valence electrons. The molecule has 0 radical (unpaired) electrons. The highest BCUT2D eigenvalue weighted by atomic mass is 35.5. The molecular weight excluding hydrogens is 208 g/mol. The van der Waals surface area contributed by atoms with Crippen LogP contribution in [-0.2, 0) is 14.3 Å². The predicted molar refractivity (Wildman–Crippen MR) is 50.5 cm³/mol. The molecule has 14 heavy (non-hydrogen) atoms. The number of ether oxygens (including phenoxy) is 1. The lowest BCUT2D eigenvalue weighted by Crippen LogP contribution is -2.23. The molecule has 0 fully saturated rings. The van der Waals surface area contributed by atoms with Gasteiger partial charge in [-0.25, -0.2) is 4.79 Å². The summed E-state index contributed by atoms with van der Waals surface area (Å²) in [5.41, 5.74) is 4.43. The van der Waals surface area contributed by atoms with E-state index in [4.69, 9.17) is 11.6 Å². The van der Waals surface area contributed by atoms with Crippen molar-refractivity contribution in [2.75, 3.05) is 7.11 Å². The Morgan fingerprint density at radius 2 is 2.21 bits per heavy atom. The van der Waals surface area contributed by atoms with E-state index >= 15 is 0 Å². The fourth-order valence-electron chi connectivity index (χ4n) is 0.443. The van der Waals surface area contributed by atoms with E-state index in [2.05, 4.69) is 15.5 Å². The van der Waals surface area contributed by atoms with Gasteiger partial charge >= 0.3 is 11.9 Å². The molecule has 1 aromatic rings. The maximum absolute atomic E-state index is 9.81. The average Bonchev–Trinajstić information content (AvgIpc) is 2.18. The Hall–Kier alpha value is -1.62. The number of primary amides is 1. The molecule has 1 aromatic heterocycles. The van der Waals surface area contributed by atoms with Gasteiger partial charge in [0.25, 0.3) is 0 Å². The van der Waals surface area contributed by atoms with Crippen LogP contribution < -0.4 is 5.73 Å². The zero-order valence-corrected chi connectivity index (χ0v) is 8.19. The van der Waals surface area contributed by atoms with Crippen LogP contribution in [0.4, 0.5) is 0 Å². The molecule has 0 spiro atoms. The summed E-state index contributed by atoms with van der Waals surface area (Å²) in [6.45, 7) is 0. The molecule has 6 heteroatoms. The summed E-state index contributed by atoms with van der Waals surface area (Å²) in [6.07, 6.45) is 3.29. The number of carbonyl (C=O) groups excluding carboxylic acids is 2. The molecule has 0 atom stereocenters. The van der Waals surface area contributed by atoms with E-state index in [1.165, 1.54) is 0 Å². The molecule has 0 aliphatic carbocycles. The molecule has 1 heterocycles. The molecule has 2 N–H and O–H groups in total. The monoisotopic (exact) mass is 216 g/mol. The molecule has 0 bridgehead atoms. The van der Waals surface area contributed by atoms with Crippen molar-refractivity contribution < 1.29 is 14.3 Å². The lowest BCUT2D eigenvalue weighted by Gasteiger charge is -1.86. The third-order valence-electron chi connectivity index (χ3n) is 1.01. The van der Waals surface area contributed by atoms with Gasteiger partial charge < -0.3 is 10.5 Å². The van der Waals surface area contributed by atoms with Gasteiger partial charge in [-0.05, 0) is 12.1 Å². The highest BCUT2D eigenvalue weighted by Crippen LogP contribution is 2.00. The number of pyridine rings is 1. The van der Waals surface area contributed by atoms with Gasteiger partial charge in [-0.3, -0.25) is 9.78 Å². The number of rotatable bonds is 0. The standard InChI is InChI=1S/C5H4ClN.C3H5NO3/c6-5-2-1-3-7-4-5;1-7-3(6)2(4)5/h1-4H;1H3,(H2,4,5). The Bertz CT molecular complexity index is 303. The number of aromatic nitrogens is 1. The molecule has 0 saturated carbocycles. The molecule has 1 rings (SSSR count). The Balaban J connectivity index is 0.000000241. The van der Waals surface area contributed by atoms with Gasteiger partial charge in [0.2, 0.25) is 0 Å². The van der Waals surface area contributed by atoms with Gasteiger partial charge in [0.1, 0.15) is 0 Å². The summed E-state index contributed by atoms with van der Waals surface area (Å²) in [6, 6.07) is 3.58. The first-order chi connectivity index (χ1) is 6.57. The van der Waals surface area contributed by atoms with Gasteiger partial charge in [0, 0.05) is 12.4 Å². The summed E-state index contributed by atoms with van der Waals surface area (Å²) in [7, 11) is 1.09. The molecule has 0 aliphatic heterocycles. The Morgan fingerprint density at radius 3 is 2.36 bits per heavy atom. The van der Waals surface area contributed by atoms with E-state index in [1.807, 2.05) is 0 Å². The maximum Gasteiger partial charge on any atom is 0.396 e. The molecule has 0 unspecified atom stereocenters. The average molecular weight is 217 g/mol. The highest BCUT2D eigenvalue weighted by Gasteiger charge is 2.04. The van der Waals surface area contributed by atoms with Crippen molar-refractivity contribution in [3.05, 3.63) is 29.5 Å². The van der Waals surface area contributed by atoms with Crippen molar-refractivity contribution >= 4 is 23.5 Å². The number of nitrogens with two attached hydrogens (primary N) is 1. The van der Waals surface area contributed by atoms with Crippen LogP contribution in [-0.4, -0.2) is 24.0 Å². The van der Waals surface area contributed by atoms with Crippen LogP contribution >= 0.6 is 11.6 Å². The molecule has 1 amide bonds. The lowest BCUT2D eigenvalue weighted by atomic mass is 10.5. The van der Waals surface area contributed by atoms with Crippen LogP contribution in [0.1, 0.15) is 0 Å². The van der Waals surface area contributed by atoms with Crippen molar-refractivity contribution in [3.63, 3.8) is 0 Å². The Kier molecular flexibility index (Phi) is 6.06. The number of hydrogen-bond donors (Lipinski definition) is 1. The van der Waals surface area contributed by atoms with Crippen molar-refractivity contribution in [1.82, 2.24) is 4.98 Å². The molecule has 0 aliphatic rings. The SMILES string of the molecule is COC(=O)C(N)=O.Clc1cccnc1. The first-order valence-electron chi connectivity index (χ1n) is 3.51. The van der Waals surface area contributed by atoms with Crippen LogP contribution in [0.2, 0.25) is 5.02 Å². The van der Waals surface area contributed by atoms with Gasteiger partial charge in [-0.2, -0.15) is 0 Å². The molecule has 0 saturated heterocycles. The first kappa shape index (κ1) is 12.4. The van der Waals surface area contributed by atoms with Crippen molar-refractivity contribution in [2.45, 2.75) is 0 Å². The topological polar surface area (TPSA) is 82.3 Å². The van der Waals surface area contributed by atoms with Crippen LogP contribution in [0.3, 0.4) is 0 Å². The number of hydrogen-bond acceptors (Lipinski definition) is 4. The van der Waals surface area contributed by atoms with E-state index < -0.39 is 11.9 Å². The fourth-order valence-corrected chi connectivity index (χ4v) is 0.572. The minimum Gasteiger partial charge on any atom is -0.462 e. The predicted octanol–water partition coefficient (Wildman–Crippen LogP) is 0.380. The second-order valence-corrected chi connectivity index (χ2v) is 2.46. The van der Waals surface area contributed by atoms with E-state index in [9.17, 15) is 9.59 Å². The van der Waals surface area contributed by atoms with Crippen LogP contribution in [0.25, 0.3) is 0 Å². The number of amides is 1. The zero-order valence-electron chi connectivity index (χ0n) is 7.44. The van der Waals surface area contributed by atoms with Crippen molar-refractivity contribution in [2.24, 2.45) is 5.73 Å². The Labute approximate surface area is 85.8 Å². The second kappa shape index (κ2) is 6.85. The normalized spacial score (nSPS) is 8.14. The third kappa shape index (κ3) is 5.96. The van der Waals surface area contributed by atoms with Gasteiger partial charge in [0.05, 0.1) is 12.1 Å². The van der Waals surface area contributed by atoms with Crippen LogP contribution in [0.15, 0.2) is 24.5 Å². The zero-order chi connectivity index (χ0) is 11.0. The fraction of sp³-hybridized carbons (Fsp3) is 0.125. The smallest absolute Gasteiger partial charge is 0.396 e. The third-order valence-corrected chi connectivity index (χ3v) is 1.24. The maximum atomic E-state index is 9.81. The summed E-state index contributed by atoms with van der Waals surface area (Å²) in [5.74, 6) is -2.08. The molecule has 5 nitrogen and oxygen atoms in total. The summed E-state index contributed by atoms with van der Waals surface area (Å²) in [4.78, 5) is 23.2. The second-order valence-electron chi connectivity index (χ2n) is 2.03. The lowest BCUT2D eigenvalue weighted by molar-refractivity contribution is -0.151. The van der Waals surface area contributed by atoms with Crippen LogP contribution in [0.5, 0.6) is 0 Å².